The van der Waals surface area contributed by atoms with Gasteiger partial charge in [-0.3, -0.25) is 19.3 Å². The first kappa shape index (κ1) is 31.1. The molecule has 1 fully saturated rings. The van der Waals surface area contributed by atoms with Gasteiger partial charge in [0.1, 0.15) is 16.2 Å². The van der Waals surface area contributed by atoms with Gasteiger partial charge in [-0.1, -0.05) is 33.8 Å². The van der Waals surface area contributed by atoms with E-state index in [0.717, 1.165) is 6.54 Å². The van der Waals surface area contributed by atoms with Crippen molar-refractivity contribution in [1.29, 1.82) is 0 Å². The van der Waals surface area contributed by atoms with Gasteiger partial charge in [-0.2, -0.15) is 9.40 Å². The molecule has 226 valence electrons. The van der Waals surface area contributed by atoms with Gasteiger partial charge in [0.2, 0.25) is 15.9 Å². The van der Waals surface area contributed by atoms with E-state index in [1.54, 1.807) is 25.3 Å². The molecule has 3 aromatic rings. The van der Waals surface area contributed by atoms with Crippen LogP contribution in [0.25, 0.3) is 0 Å². The number of ether oxygens (including phenoxy) is 1. The standard InChI is InChI=1S/C28H38N8O5S/c1-6-34-12-14-35(15-13-34)42(39,40)20-16-21(27(31-17-20)41-7-2)26(38)32-22-23(25(29)37)36(33-24(22)28(3,4)5)18-19-10-8-9-11-30-19/h8-11,16-17H,6-7,12-15,18H2,1-5H3,(H2,29,37)(H,32,38). The number of hydrogen-bond donors (Lipinski definition) is 2. The maximum Gasteiger partial charge on any atom is 0.269 e. The SMILES string of the molecule is CCOc1ncc(S(=O)(=O)N2CCN(CC)CC2)cc1C(=O)Nc1c(C(C)(C)C)nn(Cc2ccccn2)c1C(N)=O. The lowest BCUT2D eigenvalue weighted by molar-refractivity contribution is 0.0991. The molecule has 0 atom stereocenters. The zero-order chi connectivity index (χ0) is 30.7. The van der Waals surface area contributed by atoms with Crippen LogP contribution in [0.5, 0.6) is 5.88 Å². The highest BCUT2D eigenvalue weighted by Gasteiger charge is 2.33. The van der Waals surface area contributed by atoms with Crippen LogP contribution in [0, 0.1) is 0 Å². The molecular weight excluding hydrogens is 560 g/mol. The zero-order valence-electron chi connectivity index (χ0n) is 24.6. The zero-order valence-corrected chi connectivity index (χ0v) is 25.4. The van der Waals surface area contributed by atoms with Crippen LogP contribution in [0.15, 0.2) is 41.6 Å². The van der Waals surface area contributed by atoms with Gasteiger partial charge in [0.25, 0.3) is 11.8 Å². The first-order chi connectivity index (χ1) is 19.9. The number of aromatic nitrogens is 4. The summed E-state index contributed by atoms with van der Waals surface area (Å²) in [6.45, 7) is 12.5. The van der Waals surface area contributed by atoms with Gasteiger partial charge in [-0.15, -0.1) is 0 Å². The number of piperazine rings is 1. The number of carbonyl (C=O) groups excluding carboxylic acids is 2. The molecule has 3 aromatic heterocycles. The van der Waals surface area contributed by atoms with Crippen molar-refractivity contribution in [1.82, 2.24) is 29.0 Å². The molecule has 0 bridgehead atoms. The van der Waals surface area contributed by atoms with E-state index in [9.17, 15) is 18.0 Å². The first-order valence-corrected chi connectivity index (χ1v) is 15.3. The lowest BCUT2D eigenvalue weighted by Gasteiger charge is -2.33. The number of sulfonamides is 1. The maximum atomic E-state index is 13.8. The van der Waals surface area contributed by atoms with Crippen molar-refractivity contribution < 1.29 is 22.7 Å². The highest BCUT2D eigenvalue weighted by Crippen LogP contribution is 2.33. The Hall–Kier alpha value is -3.88. The number of nitrogens with zero attached hydrogens (tertiary/aromatic N) is 6. The number of nitrogens with two attached hydrogens (primary N) is 1. The molecule has 4 rings (SSSR count). The Morgan fingerprint density at radius 2 is 1.81 bits per heavy atom. The fraction of sp³-hybridized carbons (Fsp3) is 0.464. The lowest BCUT2D eigenvalue weighted by atomic mass is 9.90. The number of anilines is 1. The summed E-state index contributed by atoms with van der Waals surface area (Å²) in [5.74, 6) is -1.55. The topological polar surface area (TPSA) is 166 Å². The van der Waals surface area contributed by atoms with Crippen LogP contribution in [-0.4, -0.2) is 88.5 Å². The number of carbonyl (C=O) groups is 2. The number of hydrogen-bond acceptors (Lipinski definition) is 9. The fourth-order valence-electron chi connectivity index (χ4n) is 4.72. The number of pyridine rings is 2. The van der Waals surface area contributed by atoms with Gasteiger partial charge in [-0.05, 0) is 31.7 Å². The molecule has 0 saturated carbocycles. The smallest absolute Gasteiger partial charge is 0.269 e. The molecule has 0 aliphatic carbocycles. The van der Waals surface area contributed by atoms with Gasteiger partial charge in [-0.25, -0.2) is 13.4 Å². The van der Waals surface area contributed by atoms with E-state index >= 15 is 0 Å². The van der Waals surface area contributed by atoms with E-state index < -0.39 is 27.3 Å². The van der Waals surface area contributed by atoms with Crippen molar-refractivity contribution in [3.63, 3.8) is 0 Å². The van der Waals surface area contributed by atoms with Crippen LogP contribution in [0.2, 0.25) is 0 Å². The minimum atomic E-state index is -3.93. The number of likely N-dealkylation sites (N-methyl/N-ethyl adjacent to an activating group) is 1. The first-order valence-electron chi connectivity index (χ1n) is 13.8. The number of primary amides is 1. The van der Waals surface area contributed by atoms with Crippen LogP contribution in [0.4, 0.5) is 5.69 Å². The van der Waals surface area contributed by atoms with Crippen molar-refractivity contribution in [2.24, 2.45) is 5.73 Å². The van der Waals surface area contributed by atoms with E-state index in [4.69, 9.17) is 10.5 Å². The second-order valence-electron chi connectivity index (χ2n) is 10.9. The Kier molecular flexibility index (Phi) is 9.28. The summed E-state index contributed by atoms with van der Waals surface area (Å²) in [6, 6.07) is 6.64. The number of rotatable bonds is 10. The minimum absolute atomic E-state index is 0.0116. The molecule has 0 radical (unpaired) electrons. The van der Waals surface area contributed by atoms with E-state index in [-0.39, 0.29) is 40.9 Å². The molecule has 3 N–H and O–H groups in total. The maximum absolute atomic E-state index is 13.8. The van der Waals surface area contributed by atoms with Crippen molar-refractivity contribution in [2.45, 2.75) is 51.5 Å². The highest BCUT2D eigenvalue weighted by atomic mass is 32.2. The summed E-state index contributed by atoms with van der Waals surface area (Å²) in [7, 11) is -3.93. The Bertz CT molecular complexity index is 1540. The quantitative estimate of drug-likeness (QED) is 0.355. The van der Waals surface area contributed by atoms with Gasteiger partial charge in [0, 0.05) is 37.8 Å². The van der Waals surface area contributed by atoms with Crippen molar-refractivity contribution in [2.75, 3.05) is 44.6 Å². The van der Waals surface area contributed by atoms with Crippen LogP contribution >= 0.6 is 0 Å². The molecule has 13 nitrogen and oxygen atoms in total. The summed E-state index contributed by atoms with van der Waals surface area (Å²) in [6.07, 6.45) is 2.83. The Morgan fingerprint density at radius 1 is 1.10 bits per heavy atom. The normalized spacial score (nSPS) is 15.0. The average molecular weight is 599 g/mol. The molecule has 1 aliphatic rings. The molecule has 1 saturated heterocycles. The molecule has 0 aromatic carbocycles. The van der Waals surface area contributed by atoms with Crippen molar-refractivity contribution in [3.8, 4) is 5.88 Å². The van der Waals surface area contributed by atoms with Gasteiger partial charge in [0.05, 0.1) is 36.4 Å². The number of nitrogens with one attached hydrogen (secondary N) is 1. The van der Waals surface area contributed by atoms with Crippen LogP contribution in [0.3, 0.4) is 0 Å². The molecule has 4 heterocycles. The molecule has 14 heteroatoms. The summed E-state index contributed by atoms with van der Waals surface area (Å²) in [5.41, 5.74) is 6.28. The lowest BCUT2D eigenvalue weighted by Crippen LogP contribution is -2.48. The Balaban J connectivity index is 1.74. The molecule has 42 heavy (non-hydrogen) atoms. The molecule has 0 unspecified atom stereocenters. The summed E-state index contributed by atoms with van der Waals surface area (Å²) >= 11 is 0. The molecule has 1 aliphatic heterocycles. The van der Waals surface area contributed by atoms with E-state index in [1.807, 2.05) is 33.8 Å². The van der Waals surface area contributed by atoms with E-state index in [1.165, 1.54) is 21.3 Å². The third kappa shape index (κ3) is 6.61. The third-order valence-corrected chi connectivity index (χ3v) is 8.80. The molecule has 2 amide bonds. The average Bonchev–Trinajstić information content (AvgIpc) is 3.32. The highest BCUT2D eigenvalue weighted by molar-refractivity contribution is 7.89. The summed E-state index contributed by atoms with van der Waals surface area (Å²) in [4.78, 5) is 37.1. The van der Waals surface area contributed by atoms with Crippen molar-refractivity contribution >= 4 is 27.5 Å². The second kappa shape index (κ2) is 12.5. The largest absolute Gasteiger partial charge is 0.477 e. The monoisotopic (exact) mass is 598 g/mol. The third-order valence-electron chi connectivity index (χ3n) is 6.94. The predicted molar refractivity (Wildman–Crippen MR) is 157 cm³/mol. The molecular formula is C28H38N8O5S. The Labute approximate surface area is 246 Å². The van der Waals surface area contributed by atoms with Gasteiger partial charge < -0.3 is 20.7 Å². The predicted octanol–water partition coefficient (Wildman–Crippen LogP) is 2.10. The minimum Gasteiger partial charge on any atom is -0.477 e. The summed E-state index contributed by atoms with van der Waals surface area (Å²) < 4.78 is 35.4. The number of amides is 2. The summed E-state index contributed by atoms with van der Waals surface area (Å²) in [5, 5.41) is 7.42. The van der Waals surface area contributed by atoms with Crippen LogP contribution < -0.4 is 15.8 Å². The molecule has 0 spiro atoms. The van der Waals surface area contributed by atoms with Gasteiger partial charge >= 0.3 is 0 Å². The van der Waals surface area contributed by atoms with Crippen LogP contribution in [-0.2, 0) is 22.0 Å². The van der Waals surface area contributed by atoms with E-state index in [2.05, 4.69) is 25.3 Å². The Morgan fingerprint density at radius 3 is 2.38 bits per heavy atom. The van der Waals surface area contributed by atoms with Gasteiger partial charge in [0.15, 0.2) is 0 Å². The second-order valence-corrected chi connectivity index (χ2v) is 12.9. The fourth-order valence-corrected chi connectivity index (χ4v) is 6.11. The van der Waals surface area contributed by atoms with Crippen molar-refractivity contribution in [3.05, 3.63) is 59.3 Å². The van der Waals surface area contributed by atoms with E-state index in [0.29, 0.717) is 37.6 Å². The van der Waals surface area contributed by atoms with Crippen LogP contribution in [0.1, 0.15) is 66.9 Å².